The Morgan fingerprint density at radius 1 is 1.33 bits per heavy atom. The van der Waals surface area contributed by atoms with E-state index < -0.39 is 0 Å². The highest BCUT2D eigenvalue weighted by Crippen LogP contribution is 2.59. The lowest BCUT2D eigenvalue weighted by Gasteiger charge is -1.99. The van der Waals surface area contributed by atoms with Crippen LogP contribution in [-0.2, 0) is 16.0 Å². The number of ether oxygens (including phenoxy) is 1. The predicted molar refractivity (Wildman–Crippen MR) is 72.1 cm³/mol. The maximum absolute atomic E-state index is 11.6. The predicted octanol–water partition coefficient (Wildman–Crippen LogP) is 3.23. The zero-order valence-corrected chi connectivity index (χ0v) is 11.2. The molecule has 0 N–H and O–H groups in total. The van der Waals surface area contributed by atoms with Gasteiger partial charge in [0.25, 0.3) is 0 Å². The molecule has 0 unspecified atom stereocenters. The molecule has 1 fully saturated rings. The third-order valence-corrected chi connectivity index (χ3v) is 3.91. The fourth-order valence-electron chi connectivity index (χ4n) is 2.58. The summed E-state index contributed by atoms with van der Waals surface area (Å²) in [4.78, 5) is 11.6. The Labute approximate surface area is 109 Å². The molecule has 0 aliphatic heterocycles. The molecule has 2 nitrogen and oxygen atoms in total. The smallest absolute Gasteiger partial charge is 0.309 e. The standard InChI is InChI=1S/C16H20O2/c1-16(2)13(14(16)15(17)18-3)11-7-10-12-8-5-4-6-9-12/h4-9,11,13-14H,10H2,1-3H3/t13-,14+/m0/s1. The molecular formula is C16H20O2. The Kier molecular flexibility index (Phi) is 3.55. The van der Waals surface area contributed by atoms with Crippen LogP contribution in [0.4, 0.5) is 0 Å². The fourth-order valence-corrected chi connectivity index (χ4v) is 2.58. The quantitative estimate of drug-likeness (QED) is 0.600. The van der Waals surface area contributed by atoms with E-state index in [0.29, 0.717) is 5.92 Å². The van der Waals surface area contributed by atoms with Gasteiger partial charge in [0.05, 0.1) is 13.0 Å². The molecule has 1 saturated carbocycles. The molecule has 0 aromatic heterocycles. The molecule has 1 aliphatic carbocycles. The minimum Gasteiger partial charge on any atom is -0.469 e. The van der Waals surface area contributed by atoms with Gasteiger partial charge in [0, 0.05) is 0 Å². The summed E-state index contributed by atoms with van der Waals surface area (Å²) in [5.74, 6) is 0.248. The lowest BCUT2D eigenvalue weighted by Crippen LogP contribution is -2.07. The number of rotatable bonds is 4. The first-order valence-corrected chi connectivity index (χ1v) is 6.36. The summed E-state index contributed by atoms with van der Waals surface area (Å²) < 4.78 is 4.83. The molecule has 0 radical (unpaired) electrons. The van der Waals surface area contributed by atoms with Crippen molar-refractivity contribution in [1.29, 1.82) is 0 Å². The number of esters is 1. The van der Waals surface area contributed by atoms with Gasteiger partial charge in [0.2, 0.25) is 0 Å². The van der Waals surface area contributed by atoms with E-state index in [9.17, 15) is 4.79 Å². The van der Waals surface area contributed by atoms with Gasteiger partial charge in [0.15, 0.2) is 0 Å². The number of benzene rings is 1. The molecule has 1 aliphatic rings. The maximum atomic E-state index is 11.6. The molecule has 0 bridgehead atoms. The highest BCUT2D eigenvalue weighted by Gasteiger charge is 2.61. The fraction of sp³-hybridized carbons (Fsp3) is 0.438. The monoisotopic (exact) mass is 244 g/mol. The lowest BCUT2D eigenvalue weighted by molar-refractivity contribution is -0.143. The molecule has 96 valence electrons. The highest BCUT2D eigenvalue weighted by molar-refractivity contribution is 5.78. The van der Waals surface area contributed by atoms with E-state index in [4.69, 9.17) is 4.74 Å². The molecule has 0 heterocycles. The van der Waals surface area contributed by atoms with Crippen molar-refractivity contribution in [2.75, 3.05) is 7.11 Å². The van der Waals surface area contributed by atoms with Gasteiger partial charge in [-0.2, -0.15) is 0 Å². The van der Waals surface area contributed by atoms with Crippen LogP contribution in [0.5, 0.6) is 0 Å². The Balaban J connectivity index is 1.93. The largest absolute Gasteiger partial charge is 0.469 e. The highest BCUT2D eigenvalue weighted by atomic mass is 16.5. The Hall–Kier alpha value is -1.57. The van der Waals surface area contributed by atoms with Crippen LogP contribution in [0.3, 0.4) is 0 Å². The molecule has 1 aromatic carbocycles. The maximum Gasteiger partial charge on any atom is 0.309 e. The normalized spacial score (nSPS) is 25.1. The van der Waals surface area contributed by atoms with E-state index in [0.717, 1.165) is 6.42 Å². The second kappa shape index (κ2) is 4.97. The van der Waals surface area contributed by atoms with Gasteiger partial charge in [-0.05, 0) is 23.3 Å². The summed E-state index contributed by atoms with van der Waals surface area (Å²) in [6.45, 7) is 4.23. The molecule has 18 heavy (non-hydrogen) atoms. The van der Waals surface area contributed by atoms with Gasteiger partial charge in [-0.25, -0.2) is 0 Å². The van der Waals surface area contributed by atoms with E-state index in [1.54, 1.807) is 0 Å². The number of hydrogen-bond acceptors (Lipinski definition) is 2. The van der Waals surface area contributed by atoms with Crippen molar-refractivity contribution in [2.45, 2.75) is 20.3 Å². The zero-order chi connectivity index (χ0) is 13.2. The van der Waals surface area contributed by atoms with E-state index >= 15 is 0 Å². The second-order valence-corrected chi connectivity index (χ2v) is 5.47. The number of allylic oxidation sites excluding steroid dienone is 2. The second-order valence-electron chi connectivity index (χ2n) is 5.47. The topological polar surface area (TPSA) is 26.3 Å². The van der Waals surface area contributed by atoms with Crippen LogP contribution >= 0.6 is 0 Å². The first kappa shape index (κ1) is 12.9. The van der Waals surface area contributed by atoms with Crippen LogP contribution in [0, 0.1) is 17.3 Å². The van der Waals surface area contributed by atoms with Crippen LogP contribution in [0.25, 0.3) is 0 Å². The van der Waals surface area contributed by atoms with Crippen LogP contribution in [0.1, 0.15) is 19.4 Å². The third-order valence-electron chi connectivity index (χ3n) is 3.91. The minimum atomic E-state index is -0.0886. The van der Waals surface area contributed by atoms with Crippen LogP contribution in [-0.4, -0.2) is 13.1 Å². The number of carbonyl (C=O) groups is 1. The Morgan fingerprint density at radius 3 is 2.61 bits per heavy atom. The zero-order valence-electron chi connectivity index (χ0n) is 11.2. The van der Waals surface area contributed by atoms with Crippen LogP contribution in [0.15, 0.2) is 42.5 Å². The first-order valence-electron chi connectivity index (χ1n) is 6.36. The molecule has 2 atom stereocenters. The van der Waals surface area contributed by atoms with Gasteiger partial charge in [0.1, 0.15) is 0 Å². The summed E-state index contributed by atoms with van der Waals surface area (Å²) in [5, 5.41) is 0. The van der Waals surface area contributed by atoms with Crippen molar-refractivity contribution in [3.63, 3.8) is 0 Å². The minimum absolute atomic E-state index is 0.0227. The van der Waals surface area contributed by atoms with E-state index in [-0.39, 0.29) is 17.3 Å². The van der Waals surface area contributed by atoms with Crippen molar-refractivity contribution in [2.24, 2.45) is 17.3 Å². The summed E-state index contributed by atoms with van der Waals surface area (Å²) in [6, 6.07) is 10.3. The van der Waals surface area contributed by atoms with Gasteiger partial charge >= 0.3 is 5.97 Å². The summed E-state index contributed by atoms with van der Waals surface area (Å²) >= 11 is 0. The molecule has 1 aromatic rings. The van der Waals surface area contributed by atoms with E-state index in [2.05, 4.69) is 38.1 Å². The average Bonchev–Trinajstić information content (AvgIpc) is 2.92. The van der Waals surface area contributed by atoms with Crippen molar-refractivity contribution in [3.05, 3.63) is 48.0 Å². The van der Waals surface area contributed by atoms with Crippen LogP contribution < -0.4 is 0 Å². The molecule has 0 amide bonds. The number of hydrogen-bond donors (Lipinski definition) is 0. The van der Waals surface area contributed by atoms with Crippen molar-refractivity contribution >= 4 is 5.97 Å². The van der Waals surface area contributed by atoms with E-state index in [1.807, 2.05) is 18.2 Å². The first-order chi connectivity index (χ1) is 8.57. The van der Waals surface area contributed by atoms with E-state index in [1.165, 1.54) is 12.7 Å². The van der Waals surface area contributed by atoms with Crippen LogP contribution in [0.2, 0.25) is 0 Å². The van der Waals surface area contributed by atoms with Crippen molar-refractivity contribution < 1.29 is 9.53 Å². The molecule has 0 saturated heterocycles. The third kappa shape index (κ3) is 2.47. The molecule has 0 spiro atoms. The Morgan fingerprint density at radius 2 is 2.00 bits per heavy atom. The van der Waals surface area contributed by atoms with Gasteiger partial charge in [-0.3, -0.25) is 4.79 Å². The summed E-state index contributed by atoms with van der Waals surface area (Å²) in [7, 11) is 1.46. The molecule has 2 heteroatoms. The van der Waals surface area contributed by atoms with Gasteiger partial charge in [-0.15, -0.1) is 0 Å². The average molecular weight is 244 g/mol. The SMILES string of the molecule is COC(=O)[C@H]1[C@H](C=CCc2ccccc2)C1(C)C. The van der Waals surface area contributed by atoms with Gasteiger partial charge < -0.3 is 4.74 Å². The Bertz CT molecular complexity index is 445. The lowest BCUT2D eigenvalue weighted by atomic mass is 10.1. The number of methoxy groups -OCH3 is 1. The summed E-state index contributed by atoms with van der Waals surface area (Å²) in [6.07, 6.45) is 5.24. The molecular weight excluding hydrogens is 224 g/mol. The van der Waals surface area contributed by atoms with Crippen molar-refractivity contribution in [3.8, 4) is 0 Å². The summed E-state index contributed by atoms with van der Waals surface area (Å²) in [5.41, 5.74) is 1.34. The molecule has 2 rings (SSSR count). The van der Waals surface area contributed by atoms with Gasteiger partial charge in [-0.1, -0.05) is 56.3 Å². The van der Waals surface area contributed by atoms with Crippen molar-refractivity contribution in [1.82, 2.24) is 0 Å². The number of carbonyl (C=O) groups excluding carboxylic acids is 1.